The molecule has 0 spiro atoms. The molecule has 1 aliphatic heterocycles. The molecule has 2 N–H and O–H groups in total. The van der Waals surface area contributed by atoms with Crippen LogP contribution in [0.2, 0.25) is 0 Å². The van der Waals surface area contributed by atoms with Gasteiger partial charge in [-0.2, -0.15) is 0 Å². The minimum absolute atomic E-state index is 0.0396. The first kappa shape index (κ1) is 21.2. The van der Waals surface area contributed by atoms with Gasteiger partial charge in [-0.1, -0.05) is 18.6 Å². The molecular formula is C22H18F3N5O2. The summed E-state index contributed by atoms with van der Waals surface area (Å²) < 4.78 is 41.1. The van der Waals surface area contributed by atoms with Gasteiger partial charge in [0.2, 0.25) is 5.91 Å². The quantitative estimate of drug-likeness (QED) is 0.479. The van der Waals surface area contributed by atoms with Crippen LogP contribution >= 0.6 is 0 Å². The summed E-state index contributed by atoms with van der Waals surface area (Å²) in [5, 5.41) is 4.06. The van der Waals surface area contributed by atoms with E-state index in [0.29, 0.717) is 35.8 Å². The van der Waals surface area contributed by atoms with E-state index in [-0.39, 0.29) is 17.7 Å². The maximum atomic E-state index is 12.4. The Bertz CT molecular complexity index is 1230. The molecule has 1 fully saturated rings. The zero-order valence-electron chi connectivity index (χ0n) is 16.7. The molecule has 3 aromatic rings. The van der Waals surface area contributed by atoms with Crippen molar-refractivity contribution in [1.82, 2.24) is 19.9 Å². The number of hydrogen-bond acceptors (Lipinski definition) is 5. The predicted octanol–water partition coefficient (Wildman–Crippen LogP) is 3.46. The van der Waals surface area contributed by atoms with E-state index in [1.807, 2.05) is 0 Å². The first-order valence-corrected chi connectivity index (χ1v) is 9.70. The van der Waals surface area contributed by atoms with Crippen LogP contribution in [0.15, 0.2) is 49.3 Å². The van der Waals surface area contributed by atoms with Crippen molar-refractivity contribution in [1.29, 1.82) is 0 Å². The number of H-pyrrole nitrogens is 1. The van der Waals surface area contributed by atoms with Gasteiger partial charge in [0.1, 0.15) is 23.5 Å². The van der Waals surface area contributed by atoms with Crippen LogP contribution in [0.4, 0.5) is 19.0 Å². The Morgan fingerprint density at radius 2 is 2.16 bits per heavy atom. The van der Waals surface area contributed by atoms with E-state index in [9.17, 15) is 18.0 Å². The van der Waals surface area contributed by atoms with E-state index < -0.39 is 6.36 Å². The summed E-state index contributed by atoms with van der Waals surface area (Å²) in [6, 6.07) is 7.25. The van der Waals surface area contributed by atoms with Gasteiger partial charge in [0.15, 0.2) is 0 Å². The summed E-state index contributed by atoms with van der Waals surface area (Å²) in [6.45, 7) is 4.69. The van der Waals surface area contributed by atoms with E-state index in [4.69, 9.17) is 0 Å². The summed E-state index contributed by atoms with van der Waals surface area (Å²) in [6.07, 6.45) is -1.27. The number of carbonyl (C=O) groups excluding carboxylic acids is 1. The molecule has 0 saturated carbocycles. The van der Waals surface area contributed by atoms with Gasteiger partial charge in [-0.3, -0.25) is 4.79 Å². The molecule has 0 bridgehead atoms. The number of fused-ring (bicyclic) bond motifs is 1. The van der Waals surface area contributed by atoms with Gasteiger partial charge in [-0.15, -0.1) is 13.2 Å². The lowest BCUT2D eigenvalue weighted by Gasteiger charge is -2.15. The summed E-state index contributed by atoms with van der Waals surface area (Å²) in [7, 11) is 0. The van der Waals surface area contributed by atoms with E-state index in [1.54, 1.807) is 17.0 Å². The maximum Gasteiger partial charge on any atom is 0.573 e. The number of carbonyl (C=O) groups is 1. The van der Waals surface area contributed by atoms with Crippen LogP contribution in [-0.4, -0.2) is 51.3 Å². The maximum absolute atomic E-state index is 12.4. The van der Waals surface area contributed by atoms with Crippen molar-refractivity contribution >= 4 is 22.8 Å². The molecule has 1 atom stereocenters. The van der Waals surface area contributed by atoms with Crippen LogP contribution < -0.4 is 10.1 Å². The molecule has 1 aromatic carbocycles. The van der Waals surface area contributed by atoms with Crippen LogP contribution in [-0.2, 0) is 4.79 Å². The number of anilines is 1. The molecule has 1 saturated heterocycles. The predicted molar refractivity (Wildman–Crippen MR) is 112 cm³/mol. The fourth-order valence-corrected chi connectivity index (χ4v) is 3.43. The number of ether oxygens (including phenoxy) is 1. The third-order valence-corrected chi connectivity index (χ3v) is 4.85. The Hall–Kier alpha value is -4.00. The van der Waals surface area contributed by atoms with Gasteiger partial charge >= 0.3 is 6.36 Å². The Labute approximate surface area is 181 Å². The Morgan fingerprint density at radius 1 is 1.31 bits per heavy atom. The van der Waals surface area contributed by atoms with E-state index in [0.717, 1.165) is 11.8 Å². The minimum atomic E-state index is -4.76. The summed E-state index contributed by atoms with van der Waals surface area (Å²) in [5.74, 6) is 5.87. The second kappa shape index (κ2) is 8.63. The molecule has 0 aliphatic carbocycles. The fraction of sp³-hybridized carbons (Fsp3) is 0.227. The summed E-state index contributed by atoms with van der Waals surface area (Å²) >= 11 is 0. The highest BCUT2D eigenvalue weighted by molar-refractivity contribution is 5.89. The number of benzene rings is 1. The highest BCUT2D eigenvalue weighted by Gasteiger charge is 2.31. The summed E-state index contributed by atoms with van der Waals surface area (Å²) in [5.41, 5.74) is 1.46. The number of alkyl halides is 3. The van der Waals surface area contributed by atoms with Crippen LogP contribution in [0.5, 0.6) is 5.75 Å². The fourth-order valence-electron chi connectivity index (χ4n) is 3.43. The smallest absolute Gasteiger partial charge is 0.406 e. The number of aromatic amines is 1. The number of amides is 1. The van der Waals surface area contributed by atoms with Crippen molar-refractivity contribution in [2.45, 2.75) is 18.8 Å². The highest BCUT2D eigenvalue weighted by atomic mass is 19.4. The van der Waals surface area contributed by atoms with E-state index >= 15 is 0 Å². The van der Waals surface area contributed by atoms with Gasteiger partial charge in [0, 0.05) is 24.7 Å². The van der Waals surface area contributed by atoms with Gasteiger partial charge < -0.3 is 19.9 Å². The molecule has 7 nitrogen and oxygen atoms in total. The molecule has 2 aromatic heterocycles. The first-order chi connectivity index (χ1) is 15.3. The number of aromatic nitrogens is 3. The van der Waals surface area contributed by atoms with Gasteiger partial charge in [0.25, 0.3) is 0 Å². The van der Waals surface area contributed by atoms with Crippen molar-refractivity contribution in [3.63, 3.8) is 0 Å². The van der Waals surface area contributed by atoms with Gasteiger partial charge in [0.05, 0.1) is 11.1 Å². The largest absolute Gasteiger partial charge is 0.573 e. The van der Waals surface area contributed by atoms with Crippen LogP contribution in [0.25, 0.3) is 11.0 Å². The van der Waals surface area contributed by atoms with E-state index in [1.165, 1.54) is 30.6 Å². The molecule has 1 amide bonds. The molecule has 164 valence electrons. The average Bonchev–Trinajstić information content (AvgIpc) is 3.38. The van der Waals surface area contributed by atoms with Crippen LogP contribution in [0, 0.1) is 11.8 Å². The van der Waals surface area contributed by atoms with Crippen molar-refractivity contribution in [2.75, 3.05) is 18.4 Å². The minimum Gasteiger partial charge on any atom is -0.406 e. The number of likely N-dealkylation sites (tertiary alicyclic amines) is 1. The lowest BCUT2D eigenvalue weighted by atomic mass is 10.2. The van der Waals surface area contributed by atoms with Crippen molar-refractivity contribution in [2.24, 2.45) is 0 Å². The van der Waals surface area contributed by atoms with Crippen molar-refractivity contribution in [3.8, 4) is 17.6 Å². The third-order valence-electron chi connectivity index (χ3n) is 4.85. The Balaban J connectivity index is 1.52. The Morgan fingerprint density at radius 3 is 2.94 bits per heavy atom. The average molecular weight is 441 g/mol. The number of nitrogens with zero attached hydrogens (tertiary/aromatic N) is 3. The number of rotatable bonds is 4. The Kier molecular flexibility index (Phi) is 5.73. The lowest BCUT2D eigenvalue weighted by molar-refractivity contribution is -0.274. The van der Waals surface area contributed by atoms with E-state index in [2.05, 4.69) is 43.4 Å². The topological polar surface area (TPSA) is 83.1 Å². The monoisotopic (exact) mass is 441 g/mol. The molecule has 32 heavy (non-hydrogen) atoms. The first-order valence-electron chi connectivity index (χ1n) is 9.70. The number of hydrogen-bond donors (Lipinski definition) is 2. The van der Waals surface area contributed by atoms with Crippen LogP contribution in [0.1, 0.15) is 17.7 Å². The van der Waals surface area contributed by atoms with Crippen molar-refractivity contribution < 1.29 is 22.7 Å². The zero-order valence-corrected chi connectivity index (χ0v) is 16.7. The standard InChI is InChI=1S/C22H18F3N5O2/c1-2-19(31)30-9-8-16(12-30)29-21-18-11-15(28-20(18)26-13-27-21)7-6-14-4-3-5-17(10-14)32-22(23,24)25/h2-5,10-11,13,16H,1,8-9,12H2,(H2,26,27,28,29)/t16-/m1/s1. The molecule has 3 heterocycles. The second-order valence-corrected chi connectivity index (χ2v) is 7.11. The van der Waals surface area contributed by atoms with Gasteiger partial charge in [-0.25, -0.2) is 9.97 Å². The molecule has 0 unspecified atom stereocenters. The molecular weight excluding hydrogens is 423 g/mol. The number of halogens is 3. The second-order valence-electron chi connectivity index (χ2n) is 7.11. The zero-order chi connectivity index (χ0) is 22.7. The third kappa shape index (κ3) is 5.00. The van der Waals surface area contributed by atoms with Gasteiger partial charge in [-0.05, 0) is 42.7 Å². The molecule has 1 aliphatic rings. The normalized spacial score (nSPS) is 15.8. The molecule has 4 rings (SSSR count). The highest BCUT2D eigenvalue weighted by Crippen LogP contribution is 2.24. The summed E-state index contributed by atoms with van der Waals surface area (Å²) in [4.78, 5) is 25.1. The SMILES string of the molecule is C=CC(=O)N1CC[C@@H](Nc2ncnc3[nH]c(C#Cc4cccc(OC(F)(F)F)c4)cc23)C1. The van der Waals surface area contributed by atoms with Crippen LogP contribution in [0.3, 0.4) is 0 Å². The lowest BCUT2D eigenvalue weighted by Crippen LogP contribution is -2.30. The number of nitrogens with one attached hydrogen (secondary N) is 2. The molecule has 0 radical (unpaired) electrons. The molecule has 10 heteroatoms. The van der Waals surface area contributed by atoms with Crippen molar-refractivity contribution in [3.05, 3.63) is 60.6 Å².